The molecule has 2 N–H and O–H groups in total. The van der Waals surface area contributed by atoms with Crippen LogP contribution in [0.3, 0.4) is 0 Å². The van der Waals surface area contributed by atoms with E-state index in [9.17, 15) is 23.1 Å². The third-order valence-electron chi connectivity index (χ3n) is 5.23. The van der Waals surface area contributed by atoms with Crippen molar-refractivity contribution in [2.24, 2.45) is 5.92 Å². The first-order chi connectivity index (χ1) is 12.7. The molecule has 1 aromatic heterocycles. The summed E-state index contributed by atoms with van der Waals surface area (Å²) in [5.74, 6) is 0.293. The normalized spacial score (nSPS) is 22.7. The Bertz CT molecular complexity index is 843. The summed E-state index contributed by atoms with van der Waals surface area (Å²) in [6.45, 7) is 6.25. The Kier molecular flexibility index (Phi) is 7.41. The van der Waals surface area contributed by atoms with Gasteiger partial charge in [-0.15, -0.1) is 0 Å². The van der Waals surface area contributed by atoms with Crippen LogP contribution in [0, 0.1) is 5.92 Å². The molecule has 0 spiro atoms. The molecule has 0 amide bonds. The lowest BCUT2D eigenvalue weighted by Crippen LogP contribution is -2.51. The zero-order chi connectivity index (χ0) is 20.2. The summed E-state index contributed by atoms with van der Waals surface area (Å²) in [4.78, 5) is 26.0. The second-order valence-corrected chi connectivity index (χ2v) is 9.42. The molecule has 2 rings (SSSR count). The number of piperidine rings is 1. The highest BCUT2D eigenvalue weighted by molar-refractivity contribution is 7.89. The minimum atomic E-state index is -4.11. The lowest BCUT2D eigenvalue weighted by atomic mass is 9.92. The molecule has 0 saturated carbocycles. The molecule has 0 aromatic carbocycles. The molecule has 0 aliphatic carbocycles. The number of aromatic nitrogens is 2. The van der Waals surface area contributed by atoms with Gasteiger partial charge in [0.25, 0.3) is 5.56 Å². The van der Waals surface area contributed by atoms with Gasteiger partial charge in [0, 0.05) is 19.3 Å². The van der Waals surface area contributed by atoms with Crippen LogP contribution in [0.1, 0.15) is 59.3 Å². The van der Waals surface area contributed by atoms with E-state index in [0.717, 1.165) is 31.9 Å². The summed E-state index contributed by atoms with van der Waals surface area (Å²) in [6.07, 6.45) is 5.25. The number of aliphatic hydroxyl groups excluding tert-OH is 1. The Hall–Kier alpha value is -1.45. The van der Waals surface area contributed by atoms with Gasteiger partial charge >= 0.3 is 5.69 Å². The number of rotatable bonds is 8. The fourth-order valence-electron chi connectivity index (χ4n) is 3.57. The van der Waals surface area contributed by atoms with Crippen molar-refractivity contribution < 1.29 is 13.5 Å². The van der Waals surface area contributed by atoms with Crippen LogP contribution in [0.15, 0.2) is 20.7 Å². The molecule has 1 saturated heterocycles. The van der Waals surface area contributed by atoms with Crippen molar-refractivity contribution >= 4 is 10.0 Å². The highest BCUT2D eigenvalue weighted by atomic mass is 32.2. The summed E-state index contributed by atoms with van der Waals surface area (Å²) >= 11 is 0. The number of nitrogens with one attached hydrogen (secondary N) is 1. The molecular formula is C18H31N3O5S. The summed E-state index contributed by atoms with van der Waals surface area (Å²) < 4.78 is 28.8. The van der Waals surface area contributed by atoms with Crippen molar-refractivity contribution in [3.63, 3.8) is 0 Å². The number of hydrogen-bond donors (Lipinski definition) is 2. The van der Waals surface area contributed by atoms with E-state index < -0.39 is 38.3 Å². The van der Waals surface area contributed by atoms with E-state index in [-0.39, 0.29) is 6.54 Å². The second-order valence-electron chi connectivity index (χ2n) is 7.56. The van der Waals surface area contributed by atoms with Gasteiger partial charge in [-0.2, -0.15) is 4.31 Å². The molecule has 27 heavy (non-hydrogen) atoms. The van der Waals surface area contributed by atoms with E-state index in [2.05, 4.69) is 11.9 Å². The Balaban J connectivity index is 2.37. The van der Waals surface area contributed by atoms with Crippen molar-refractivity contribution in [2.75, 3.05) is 6.54 Å². The smallest absolute Gasteiger partial charge is 0.328 e. The van der Waals surface area contributed by atoms with Crippen LogP contribution in [0.25, 0.3) is 0 Å². The number of nitrogens with zero attached hydrogens (tertiary/aromatic N) is 2. The molecule has 1 aliphatic heterocycles. The van der Waals surface area contributed by atoms with Crippen LogP contribution in [0.4, 0.5) is 0 Å². The van der Waals surface area contributed by atoms with Crippen molar-refractivity contribution in [3.05, 3.63) is 27.0 Å². The van der Waals surface area contributed by atoms with E-state index >= 15 is 0 Å². The van der Waals surface area contributed by atoms with Gasteiger partial charge in [0.05, 0.1) is 12.1 Å². The first-order valence-corrected chi connectivity index (χ1v) is 11.2. The largest absolute Gasteiger partial charge is 0.392 e. The first kappa shape index (κ1) is 21.8. The monoisotopic (exact) mass is 401 g/mol. The predicted octanol–water partition coefficient (Wildman–Crippen LogP) is 1.29. The fourth-order valence-corrected chi connectivity index (χ4v) is 5.33. The van der Waals surface area contributed by atoms with Gasteiger partial charge in [-0.1, -0.05) is 33.1 Å². The number of H-pyrrole nitrogens is 1. The van der Waals surface area contributed by atoms with Crippen LogP contribution in [0.5, 0.6) is 0 Å². The average Bonchev–Trinajstić information content (AvgIpc) is 2.59. The molecule has 2 heterocycles. The standard InChI is InChI=1S/C18H31N3O5S/c1-4-5-6-7-9-20-12-16(17(23)19-18(20)24)27(25,26)21-10-8-13(2)11-15(21)14(3)22/h12-15,22H,4-11H2,1-3H3,(H,19,23,24)/t13-,14+,15+/m0/s1. The Morgan fingerprint density at radius 2 is 2.00 bits per heavy atom. The molecule has 9 heteroatoms. The maximum absolute atomic E-state index is 13.1. The lowest BCUT2D eigenvalue weighted by molar-refractivity contribution is 0.0675. The molecule has 154 valence electrons. The molecule has 0 unspecified atom stereocenters. The molecule has 1 aliphatic rings. The minimum absolute atomic E-state index is 0.244. The van der Waals surface area contributed by atoms with Crippen molar-refractivity contribution in [3.8, 4) is 0 Å². The van der Waals surface area contributed by atoms with Gasteiger partial charge in [0.15, 0.2) is 4.90 Å². The maximum atomic E-state index is 13.1. The summed E-state index contributed by atoms with van der Waals surface area (Å²) in [5.41, 5.74) is -1.51. The molecule has 3 atom stereocenters. The van der Waals surface area contributed by atoms with Gasteiger partial charge in [0.2, 0.25) is 10.0 Å². The number of sulfonamides is 1. The van der Waals surface area contributed by atoms with E-state index in [1.54, 1.807) is 6.92 Å². The third kappa shape index (κ3) is 5.08. The Morgan fingerprint density at radius 3 is 2.63 bits per heavy atom. The van der Waals surface area contributed by atoms with Gasteiger partial charge < -0.3 is 5.11 Å². The van der Waals surface area contributed by atoms with Crippen LogP contribution in [-0.4, -0.2) is 46.1 Å². The van der Waals surface area contributed by atoms with Gasteiger partial charge in [-0.25, -0.2) is 13.2 Å². The number of aliphatic hydroxyl groups is 1. The summed E-state index contributed by atoms with van der Waals surface area (Å²) in [6, 6.07) is -0.580. The summed E-state index contributed by atoms with van der Waals surface area (Å²) in [5, 5.41) is 10.1. The number of aromatic amines is 1. The Morgan fingerprint density at radius 1 is 1.30 bits per heavy atom. The number of aryl methyl sites for hydroxylation is 1. The maximum Gasteiger partial charge on any atom is 0.328 e. The second kappa shape index (κ2) is 9.16. The van der Waals surface area contributed by atoms with Gasteiger partial charge in [0.1, 0.15) is 0 Å². The quantitative estimate of drug-likeness (QED) is 0.637. The fraction of sp³-hybridized carbons (Fsp3) is 0.778. The Labute approximate surface area is 160 Å². The molecule has 1 aromatic rings. The van der Waals surface area contributed by atoms with Crippen LogP contribution in [0.2, 0.25) is 0 Å². The zero-order valence-corrected chi connectivity index (χ0v) is 17.2. The topological polar surface area (TPSA) is 112 Å². The van der Waals surface area contributed by atoms with Crippen molar-refractivity contribution in [1.29, 1.82) is 0 Å². The first-order valence-electron chi connectivity index (χ1n) is 9.72. The van der Waals surface area contributed by atoms with E-state index in [0.29, 0.717) is 25.3 Å². The lowest BCUT2D eigenvalue weighted by Gasteiger charge is -2.38. The SMILES string of the molecule is CCCCCCn1cc(S(=O)(=O)N2CC[C@H](C)C[C@@H]2[C@@H](C)O)c(=O)[nH]c1=O. The molecule has 0 radical (unpaired) electrons. The summed E-state index contributed by atoms with van der Waals surface area (Å²) in [7, 11) is -4.11. The molecular weight excluding hydrogens is 370 g/mol. The highest BCUT2D eigenvalue weighted by Gasteiger charge is 2.39. The van der Waals surface area contributed by atoms with E-state index in [1.165, 1.54) is 8.87 Å². The average molecular weight is 402 g/mol. The minimum Gasteiger partial charge on any atom is -0.392 e. The van der Waals surface area contributed by atoms with Crippen LogP contribution in [-0.2, 0) is 16.6 Å². The van der Waals surface area contributed by atoms with Crippen LogP contribution >= 0.6 is 0 Å². The third-order valence-corrected chi connectivity index (χ3v) is 7.15. The highest BCUT2D eigenvalue weighted by Crippen LogP contribution is 2.29. The molecule has 1 fully saturated rings. The van der Waals surface area contributed by atoms with Crippen molar-refractivity contribution in [2.45, 2.75) is 82.9 Å². The molecule has 8 nitrogen and oxygen atoms in total. The number of hydrogen-bond acceptors (Lipinski definition) is 5. The van der Waals surface area contributed by atoms with Gasteiger partial charge in [-0.3, -0.25) is 14.3 Å². The molecule has 0 bridgehead atoms. The zero-order valence-electron chi connectivity index (χ0n) is 16.3. The van der Waals surface area contributed by atoms with E-state index in [4.69, 9.17) is 0 Å². The van der Waals surface area contributed by atoms with Crippen molar-refractivity contribution in [1.82, 2.24) is 13.9 Å². The van der Waals surface area contributed by atoms with E-state index in [1.807, 2.05) is 6.92 Å². The van der Waals surface area contributed by atoms with Crippen LogP contribution < -0.4 is 11.2 Å². The predicted molar refractivity (Wildman–Crippen MR) is 103 cm³/mol. The number of unbranched alkanes of at least 4 members (excludes halogenated alkanes) is 3. The van der Waals surface area contributed by atoms with Gasteiger partial charge in [-0.05, 0) is 32.1 Å².